The summed E-state index contributed by atoms with van der Waals surface area (Å²) in [6, 6.07) is 10.1. The zero-order valence-corrected chi connectivity index (χ0v) is 20.1. The van der Waals surface area contributed by atoms with Crippen LogP contribution >= 0.6 is 0 Å². The minimum absolute atomic E-state index is 0.0181. The van der Waals surface area contributed by atoms with Crippen molar-refractivity contribution in [2.75, 3.05) is 19.6 Å². The lowest BCUT2D eigenvalue weighted by Gasteiger charge is -2.31. The van der Waals surface area contributed by atoms with Gasteiger partial charge in [-0.15, -0.1) is 5.10 Å². The minimum atomic E-state index is -4.64. The monoisotopic (exact) mass is 488 g/mol. The Kier molecular flexibility index (Phi) is 7.69. The summed E-state index contributed by atoms with van der Waals surface area (Å²) in [6.45, 7) is 6.28. The summed E-state index contributed by atoms with van der Waals surface area (Å²) >= 11 is 0. The van der Waals surface area contributed by atoms with Gasteiger partial charge in [0.1, 0.15) is 0 Å². The van der Waals surface area contributed by atoms with Crippen LogP contribution in [0, 0.1) is 13.8 Å². The van der Waals surface area contributed by atoms with Crippen molar-refractivity contribution in [2.45, 2.75) is 64.6 Å². The Morgan fingerprint density at radius 2 is 1.80 bits per heavy atom. The SMILES string of the molecule is Cc1nc2nc(C(F)(F)F)nn2c(C)c1CCC(=O)N[C@H](Cc1ccccc1)CN1CCCCC1. The lowest BCUT2D eigenvalue weighted by molar-refractivity contribution is -0.144. The Hall–Kier alpha value is -3.01. The number of fused-ring (bicyclic) bond motifs is 1. The molecule has 4 rings (SSSR count). The number of aryl methyl sites for hydroxylation is 2. The summed E-state index contributed by atoms with van der Waals surface area (Å²) in [5.41, 5.74) is 2.94. The van der Waals surface area contributed by atoms with Crippen LogP contribution in [0.15, 0.2) is 30.3 Å². The van der Waals surface area contributed by atoms with Gasteiger partial charge in [0, 0.05) is 30.4 Å². The van der Waals surface area contributed by atoms with E-state index in [-0.39, 0.29) is 24.1 Å². The van der Waals surface area contributed by atoms with E-state index in [9.17, 15) is 18.0 Å². The van der Waals surface area contributed by atoms with Crippen molar-refractivity contribution in [3.05, 3.63) is 58.7 Å². The van der Waals surface area contributed by atoms with Crippen molar-refractivity contribution in [1.29, 1.82) is 0 Å². The number of nitrogens with one attached hydrogen (secondary N) is 1. The number of likely N-dealkylation sites (tertiary alicyclic amines) is 1. The number of rotatable bonds is 8. The Balaban J connectivity index is 1.44. The van der Waals surface area contributed by atoms with E-state index in [1.165, 1.54) is 24.8 Å². The molecular weight excluding hydrogens is 457 g/mol. The molecule has 3 heterocycles. The smallest absolute Gasteiger partial charge is 0.352 e. The van der Waals surface area contributed by atoms with Crippen molar-refractivity contribution >= 4 is 11.7 Å². The fraction of sp³-hybridized carbons (Fsp3) is 0.520. The maximum atomic E-state index is 13.0. The highest BCUT2D eigenvalue weighted by Gasteiger charge is 2.37. The molecule has 188 valence electrons. The van der Waals surface area contributed by atoms with Crippen LogP contribution in [-0.4, -0.2) is 56.1 Å². The van der Waals surface area contributed by atoms with Gasteiger partial charge in [-0.05, 0) is 63.7 Å². The molecule has 1 aliphatic heterocycles. The first-order valence-electron chi connectivity index (χ1n) is 12.1. The summed E-state index contributed by atoms with van der Waals surface area (Å²) in [6.07, 6.45) is 0.275. The lowest BCUT2D eigenvalue weighted by Crippen LogP contribution is -2.46. The van der Waals surface area contributed by atoms with Gasteiger partial charge in [-0.2, -0.15) is 18.2 Å². The second kappa shape index (κ2) is 10.7. The van der Waals surface area contributed by atoms with E-state index in [0.29, 0.717) is 23.4 Å². The van der Waals surface area contributed by atoms with Gasteiger partial charge in [-0.3, -0.25) is 4.79 Å². The van der Waals surface area contributed by atoms with Crippen molar-refractivity contribution in [1.82, 2.24) is 29.8 Å². The summed E-state index contributed by atoms with van der Waals surface area (Å²) in [5, 5.41) is 6.78. The molecule has 0 saturated carbocycles. The van der Waals surface area contributed by atoms with Gasteiger partial charge in [-0.25, -0.2) is 9.50 Å². The van der Waals surface area contributed by atoms with Gasteiger partial charge in [0.05, 0.1) is 0 Å². The van der Waals surface area contributed by atoms with E-state index in [4.69, 9.17) is 0 Å². The van der Waals surface area contributed by atoms with Crippen LogP contribution in [0.25, 0.3) is 5.78 Å². The maximum absolute atomic E-state index is 13.0. The molecule has 7 nitrogen and oxygen atoms in total. The molecule has 10 heteroatoms. The van der Waals surface area contributed by atoms with Gasteiger partial charge in [-0.1, -0.05) is 36.8 Å². The van der Waals surface area contributed by atoms with E-state index in [2.05, 4.69) is 37.4 Å². The predicted octanol–water partition coefficient (Wildman–Crippen LogP) is 3.91. The van der Waals surface area contributed by atoms with Crippen LogP contribution in [-0.2, 0) is 23.8 Å². The Labute approximate surface area is 202 Å². The van der Waals surface area contributed by atoms with E-state index in [0.717, 1.165) is 30.6 Å². The Bertz CT molecular complexity index is 1160. The van der Waals surface area contributed by atoms with Gasteiger partial charge in [0.2, 0.25) is 5.91 Å². The van der Waals surface area contributed by atoms with Crippen LogP contribution in [0.5, 0.6) is 0 Å². The molecule has 1 aromatic carbocycles. The number of halogens is 3. The zero-order chi connectivity index (χ0) is 25.0. The second-order valence-corrected chi connectivity index (χ2v) is 9.22. The molecule has 35 heavy (non-hydrogen) atoms. The maximum Gasteiger partial charge on any atom is 0.453 e. The molecule has 0 aliphatic carbocycles. The van der Waals surface area contributed by atoms with Crippen molar-refractivity contribution < 1.29 is 18.0 Å². The molecule has 2 aromatic heterocycles. The standard InChI is InChI=1S/C25H31F3N6O/c1-17-21(18(2)34-24(29-17)31-23(32-34)25(26,27)28)11-12-22(35)30-20(15-19-9-5-3-6-10-19)16-33-13-7-4-8-14-33/h3,5-6,9-10,20H,4,7-8,11-16H2,1-2H3,(H,30,35)/t20-/m1/s1. The number of hydrogen-bond acceptors (Lipinski definition) is 5. The normalized spacial score (nSPS) is 15.9. The van der Waals surface area contributed by atoms with Gasteiger partial charge in [0.15, 0.2) is 0 Å². The largest absolute Gasteiger partial charge is 0.453 e. The molecular formula is C25H31F3N6O. The zero-order valence-electron chi connectivity index (χ0n) is 20.1. The van der Waals surface area contributed by atoms with Crippen molar-refractivity contribution in [3.63, 3.8) is 0 Å². The summed E-state index contributed by atoms with van der Waals surface area (Å²) in [7, 11) is 0. The number of nitrogens with zero attached hydrogens (tertiary/aromatic N) is 5. The fourth-order valence-electron chi connectivity index (χ4n) is 4.74. The van der Waals surface area contributed by atoms with Gasteiger partial charge in [0.25, 0.3) is 11.6 Å². The molecule has 0 spiro atoms. The van der Waals surface area contributed by atoms with Crippen LogP contribution < -0.4 is 5.32 Å². The van der Waals surface area contributed by atoms with E-state index < -0.39 is 12.0 Å². The summed E-state index contributed by atoms with van der Waals surface area (Å²) < 4.78 is 40.2. The number of hydrogen-bond donors (Lipinski definition) is 1. The fourth-order valence-corrected chi connectivity index (χ4v) is 4.74. The first kappa shape index (κ1) is 25.1. The van der Waals surface area contributed by atoms with Gasteiger partial charge >= 0.3 is 6.18 Å². The average Bonchev–Trinajstić information content (AvgIpc) is 3.25. The third-order valence-corrected chi connectivity index (χ3v) is 6.52. The first-order valence-corrected chi connectivity index (χ1v) is 12.1. The topological polar surface area (TPSA) is 75.4 Å². The molecule has 1 amide bonds. The number of carbonyl (C=O) groups excluding carboxylic acids is 1. The average molecular weight is 489 g/mol. The van der Waals surface area contributed by atoms with Crippen LogP contribution in [0.3, 0.4) is 0 Å². The summed E-state index contributed by atoms with van der Waals surface area (Å²) in [4.78, 5) is 23.1. The van der Waals surface area contributed by atoms with E-state index in [1.54, 1.807) is 13.8 Å². The molecule has 1 atom stereocenters. The number of aromatic nitrogens is 4. The molecule has 0 bridgehead atoms. The second-order valence-electron chi connectivity index (χ2n) is 9.22. The minimum Gasteiger partial charge on any atom is -0.352 e. The third kappa shape index (κ3) is 6.36. The van der Waals surface area contributed by atoms with Crippen molar-refractivity contribution in [3.8, 4) is 0 Å². The number of piperidine rings is 1. The highest BCUT2D eigenvalue weighted by atomic mass is 19.4. The third-order valence-electron chi connectivity index (χ3n) is 6.52. The number of carbonyl (C=O) groups is 1. The molecule has 1 fully saturated rings. The number of alkyl halides is 3. The molecule has 1 saturated heterocycles. The molecule has 3 aromatic rings. The van der Waals surface area contributed by atoms with Crippen LogP contribution in [0.1, 0.15) is 54.0 Å². The predicted molar refractivity (Wildman–Crippen MR) is 126 cm³/mol. The summed E-state index contributed by atoms with van der Waals surface area (Å²) in [5.74, 6) is -1.40. The van der Waals surface area contributed by atoms with Crippen LogP contribution in [0.4, 0.5) is 13.2 Å². The van der Waals surface area contributed by atoms with Crippen molar-refractivity contribution in [2.24, 2.45) is 0 Å². The first-order chi connectivity index (χ1) is 16.7. The quantitative estimate of drug-likeness (QED) is 0.521. The van der Waals surface area contributed by atoms with E-state index >= 15 is 0 Å². The highest BCUT2D eigenvalue weighted by molar-refractivity contribution is 5.76. The molecule has 1 aliphatic rings. The Morgan fingerprint density at radius 3 is 2.49 bits per heavy atom. The molecule has 0 radical (unpaired) electrons. The number of amides is 1. The molecule has 1 N–H and O–H groups in total. The van der Waals surface area contributed by atoms with Crippen LogP contribution in [0.2, 0.25) is 0 Å². The molecule has 0 unspecified atom stereocenters. The Morgan fingerprint density at radius 1 is 1.09 bits per heavy atom. The lowest BCUT2D eigenvalue weighted by atomic mass is 10.0. The highest BCUT2D eigenvalue weighted by Crippen LogP contribution is 2.27. The number of benzene rings is 1. The van der Waals surface area contributed by atoms with E-state index in [1.807, 2.05) is 18.2 Å². The van der Waals surface area contributed by atoms with Gasteiger partial charge < -0.3 is 10.2 Å².